The topological polar surface area (TPSA) is 78.7 Å². The molecule has 1 N–H and O–H groups in total. The van der Waals surface area contributed by atoms with Crippen molar-refractivity contribution in [2.75, 3.05) is 42.3 Å². The lowest BCUT2D eigenvalue weighted by Gasteiger charge is -2.28. The van der Waals surface area contributed by atoms with Gasteiger partial charge in [-0.15, -0.1) is 0 Å². The molecule has 2 aromatic rings. The molecule has 1 aliphatic heterocycles. The molecule has 0 saturated carbocycles. The van der Waals surface area contributed by atoms with E-state index < -0.39 is 4.92 Å². The summed E-state index contributed by atoms with van der Waals surface area (Å²) in [6.45, 7) is 1.62. The molecule has 3 rings (SSSR count). The fourth-order valence-electron chi connectivity index (χ4n) is 3.26. The maximum absolute atomic E-state index is 12.5. The maximum Gasteiger partial charge on any atom is 0.293 e. The van der Waals surface area contributed by atoms with Crippen LogP contribution in [-0.2, 0) is 0 Å². The number of nitro benzene ring substituents is 1. The second kappa shape index (κ2) is 8.07. The first-order chi connectivity index (χ1) is 13.0. The summed E-state index contributed by atoms with van der Waals surface area (Å²) in [5.74, 6) is -0.360. The van der Waals surface area contributed by atoms with Crippen molar-refractivity contribution in [2.24, 2.45) is 0 Å². The molecule has 1 amide bonds. The molecule has 1 fully saturated rings. The number of benzene rings is 2. The Bertz CT molecular complexity index is 828. The van der Waals surface area contributed by atoms with E-state index in [1.807, 2.05) is 48.2 Å². The van der Waals surface area contributed by atoms with Crippen LogP contribution in [0.5, 0.6) is 0 Å². The first-order valence-corrected chi connectivity index (χ1v) is 9.08. The van der Waals surface area contributed by atoms with E-state index in [0.29, 0.717) is 11.4 Å². The fourth-order valence-corrected chi connectivity index (χ4v) is 3.26. The van der Waals surface area contributed by atoms with E-state index in [-0.39, 0.29) is 17.2 Å². The molecule has 7 nitrogen and oxygen atoms in total. The molecule has 27 heavy (non-hydrogen) atoms. The van der Waals surface area contributed by atoms with Crippen molar-refractivity contribution >= 4 is 28.7 Å². The van der Waals surface area contributed by atoms with Crippen molar-refractivity contribution < 1.29 is 9.72 Å². The number of anilines is 3. The predicted octanol–water partition coefficient (Wildman–Crippen LogP) is 3.90. The number of hydrogen-bond donors (Lipinski definition) is 1. The molecule has 1 saturated heterocycles. The lowest BCUT2D eigenvalue weighted by atomic mass is 10.1. The molecule has 0 aliphatic carbocycles. The number of carbonyl (C=O) groups excluding carboxylic acids is 1. The molecular formula is C20H24N4O3. The van der Waals surface area contributed by atoms with E-state index in [9.17, 15) is 14.9 Å². The molecule has 142 valence electrons. The number of rotatable bonds is 5. The fraction of sp³-hybridized carbons (Fsp3) is 0.350. The van der Waals surface area contributed by atoms with E-state index in [2.05, 4.69) is 5.32 Å². The average molecular weight is 368 g/mol. The Labute approximate surface area is 158 Å². The normalized spacial score (nSPS) is 13.9. The van der Waals surface area contributed by atoms with Gasteiger partial charge >= 0.3 is 0 Å². The second-order valence-electron chi connectivity index (χ2n) is 6.90. The van der Waals surface area contributed by atoms with Crippen LogP contribution in [0.1, 0.15) is 29.6 Å². The maximum atomic E-state index is 12.5. The Morgan fingerprint density at radius 1 is 1.07 bits per heavy atom. The molecule has 7 heteroatoms. The van der Waals surface area contributed by atoms with E-state index >= 15 is 0 Å². The van der Waals surface area contributed by atoms with Crippen LogP contribution in [0.3, 0.4) is 0 Å². The standard InChI is InChI=1S/C20H24N4O3/c1-22(2)17-9-7-16(8-10-17)21-20(25)15-6-11-18(19(14-15)24(26)27)23-12-4-3-5-13-23/h6-11,14H,3-5,12-13H2,1-2H3,(H,21,25). The zero-order valence-electron chi connectivity index (χ0n) is 15.6. The van der Waals surface area contributed by atoms with Crippen LogP contribution >= 0.6 is 0 Å². The largest absolute Gasteiger partial charge is 0.378 e. The third-order valence-electron chi connectivity index (χ3n) is 4.77. The Balaban J connectivity index is 1.80. The number of hydrogen-bond acceptors (Lipinski definition) is 5. The van der Waals surface area contributed by atoms with Crippen molar-refractivity contribution in [3.8, 4) is 0 Å². The van der Waals surface area contributed by atoms with Gasteiger partial charge in [-0.1, -0.05) is 0 Å². The lowest BCUT2D eigenvalue weighted by molar-refractivity contribution is -0.384. The van der Waals surface area contributed by atoms with Crippen LogP contribution in [0.4, 0.5) is 22.7 Å². The van der Waals surface area contributed by atoms with Crippen molar-refractivity contribution in [3.63, 3.8) is 0 Å². The summed E-state index contributed by atoms with van der Waals surface area (Å²) in [4.78, 5) is 27.7. The monoisotopic (exact) mass is 368 g/mol. The minimum Gasteiger partial charge on any atom is -0.378 e. The zero-order valence-corrected chi connectivity index (χ0v) is 15.6. The Morgan fingerprint density at radius 3 is 2.33 bits per heavy atom. The molecule has 0 bridgehead atoms. The van der Waals surface area contributed by atoms with Crippen molar-refractivity contribution in [2.45, 2.75) is 19.3 Å². The van der Waals surface area contributed by atoms with Crippen LogP contribution in [0.15, 0.2) is 42.5 Å². The molecule has 0 spiro atoms. The summed E-state index contributed by atoms with van der Waals surface area (Å²) in [5, 5.41) is 14.3. The highest BCUT2D eigenvalue weighted by atomic mass is 16.6. The first-order valence-electron chi connectivity index (χ1n) is 9.08. The van der Waals surface area contributed by atoms with E-state index in [0.717, 1.165) is 38.0 Å². The summed E-state index contributed by atoms with van der Waals surface area (Å²) < 4.78 is 0. The van der Waals surface area contributed by atoms with Gasteiger partial charge in [0.2, 0.25) is 0 Å². The van der Waals surface area contributed by atoms with Crippen molar-refractivity contribution in [1.82, 2.24) is 0 Å². The molecule has 0 unspecified atom stereocenters. The lowest BCUT2D eigenvalue weighted by Crippen LogP contribution is -2.30. The van der Waals surface area contributed by atoms with Gasteiger partial charge < -0.3 is 15.1 Å². The highest BCUT2D eigenvalue weighted by molar-refractivity contribution is 6.05. The summed E-state index contributed by atoms with van der Waals surface area (Å²) in [6, 6.07) is 12.1. The molecule has 1 aliphatic rings. The predicted molar refractivity (Wildman–Crippen MR) is 108 cm³/mol. The van der Waals surface area contributed by atoms with Gasteiger partial charge in [0, 0.05) is 50.2 Å². The van der Waals surface area contributed by atoms with E-state index in [1.54, 1.807) is 12.1 Å². The molecule has 0 aromatic heterocycles. The van der Waals surface area contributed by atoms with Gasteiger partial charge in [0.05, 0.1) is 4.92 Å². The highest BCUT2D eigenvalue weighted by Gasteiger charge is 2.23. The molecule has 0 radical (unpaired) electrons. The number of amides is 1. The Kier molecular flexibility index (Phi) is 5.59. The van der Waals surface area contributed by atoms with E-state index in [4.69, 9.17) is 0 Å². The minimum absolute atomic E-state index is 0.0208. The zero-order chi connectivity index (χ0) is 19.4. The summed E-state index contributed by atoms with van der Waals surface area (Å²) in [5.41, 5.74) is 2.51. The summed E-state index contributed by atoms with van der Waals surface area (Å²) in [7, 11) is 3.88. The smallest absolute Gasteiger partial charge is 0.293 e. The van der Waals surface area contributed by atoms with Crippen LogP contribution < -0.4 is 15.1 Å². The number of nitrogens with zero attached hydrogens (tertiary/aromatic N) is 3. The van der Waals surface area contributed by atoms with Gasteiger partial charge in [0.25, 0.3) is 11.6 Å². The number of piperidine rings is 1. The van der Waals surface area contributed by atoms with E-state index in [1.165, 1.54) is 6.07 Å². The third-order valence-corrected chi connectivity index (χ3v) is 4.77. The number of nitrogens with one attached hydrogen (secondary N) is 1. The van der Waals surface area contributed by atoms with Crippen molar-refractivity contribution in [1.29, 1.82) is 0 Å². The molecule has 2 aromatic carbocycles. The summed E-state index contributed by atoms with van der Waals surface area (Å²) in [6.07, 6.45) is 3.21. The SMILES string of the molecule is CN(C)c1ccc(NC(=O)c2ccc(N3CCCCC3)c([N+](=O)[O-])c2)cc1. The Hall–Kier alpha value is -3.09. The minimum atomic E-state index is -0.410. The van der Waals surface area contributed by atoms with Crippen LogP contribution in [0.2, 0.25) is 0 Å². The van der Waals surface area contributed by atoms with Crippen molar-refractivity contribution in [3.05, 3.63) is 58.1 Å². The van der Waals surface area contributed by atoms with Gasteiger partial charge in [-0.2, -0.15) is 0 Å². The second-order valence-corrected chi connectivity index (χ2v) is 6.90. The van der Waals surface area contributed by atoms with Gasteiger partial charge in [-0.25, -0.2) is 0 Å². The van der Waals surface area contributed by atoms with Crippen LogP contribution in [0.25, 0.3) is 0 Å². The number of nitro groups is 1. The Morgan fingerprint density at radius 2 is 1.74 bits per heavy atom. The quantitative estimate of drug-likeness (QED) is 0.639. The van der Waals surface area contributed by atoms with Gasteiger partial charge in [0.15, 0.2) is 0 Å². The van der Waals surface area contributed by atoms with Crippen LogP contribution in [0, 0.1) is 10.1 Å². The molecule has 0 atom stereocenters. The van der Waals surface area contributed by atoms with Crippen LogP contribution in [-0.4, -0.2) is 38.0 Å². The van der Waals surface area contributed by atoms with Gasteiger partial charge in [-0.3, -0.25) is 14.9 Å². The average Bonchev–Trinajstić information content (AvgIpc) is 2.68. The number of carbonyl (C=O) groups is 1. The van der Waals surface area contributed by atoms with Gasteiger partial charge in [-0.05, 0) is 55.7 Å². The summed E-state index contributed by atoms with van der Waals surface area (Å²) >= 11 is 0. The molecular weight excluding hydrogens is 344 g/mol. The molecule has 1 heterocycles. The first kappa shape index (κ1) is 18.7. The third kappa shape index (κ3) is 4.36. The highest BCUT2D eigenvalue weighted by Crippen LogP contribution is 2.31. The van der Waals surface area contributed by atoms with Gasteiger partial charge in [0.1, 0.15) is 5.69 Å².